The molecule has 1 heterocycles. The molecule has 0 saturated heterocycles. The number of amides is 2. The monoisotopic (exact) mass is 404 g/mol. The number of hydrogen-bond donors (Lipinski definition) is 1. The van der Waals surface area contributed by atoms with Crippen LogP contribution >= 0.6 is 23.4 Å². The van der Waals surface area contributed by atoms with Gasteiger partial charge in [0, 0.05) is 17.8 Å². The average Bonchev–Trinajstić information content (AvgIpc) is 2.99. The molecule has 0 fully saturated rings. The van der Waals surface area contributed by atoms with Crippen molar-refractivity contribution in [3.63, 3.8) is 0 Å². The van der Waals surface area contributed by atoms with Gasteiger partial charge in [-0.05, 0) is 48.3 Å². The summed E-state index contributed by atoms with van der Waals surface area (Å²) < 4.78 is 5.14. The molecular formula is C20H21ClN2O3S. The summed E-state index contributed by atoms with van der Waals surface area (Å²) in [6.07, 6.45) is 2.56. The highest BCUT2D eigenvalue weighted by Crippen LogP contribution is 2.29. The second-order valence-corrected chi connectivity index (χ2v) is 7.62. The highest BCUT2D eigenvalue weighted by atomic mass is 35.5. The lowest BCUT2D eigenvalue weighted by Gasteiger charge is -2.27. The predicted molar refractivity (Wildman–Crippen MR) is 110 cm³/mol. The van der Waals surface area contributed by atoms with Gasteiger partial charge in [0.05, 0.1) is 12.1 Å². The number of methoxy groups -OCH3 is 1. The predicted octanol–water partition coefficient (Wildman–Crippen LogP) is 4.06. The minimum Gasteiger partial charge on any atom is -0.495 e. The van der Waals surface area contributed by atoms with E-state index in [0.29, 0.717) is 35.0 Å². The number of carbonyl (C=O) groups excluding carboxylic acids is 2. The molecule has 0 saturated carbocycles. The van der Waals surface area contributed by atoms with E-state index in [4.69, 9.17) is 16.3 Å². The minimum atomic E-state index is -0.543. The van der Waals surface area contributed by atoms with Crippen LogP contribution in [0, 0.1) is 0 Å². The summed E-state index contributed by atoms with van der Waals surface area (Å²) in [5.41, 5.74) is 2.20. The summed E-state index contributed by atoms with van der Waals surface area (Å²) in [6.45, 7) is 0.449. The number of rotatable bonds is 7. The SMILES string of the molecule is COc1ccc(NC(=O)[C@H](CCSC)N2Cc3ccccc3C2=O)cc1Cl. The van der Waals surface area contributed by atoms with Crippen LogP contribution in [0.1, 0.15) is 22.3 Å². The first-order valence-electron chi connectivity index (χ1n) is 8.57. The first kappa shape index (κ1) is 19.6. The van der Waals surface area contributed by atoms with Crippen LogP contribution in [0.5, 0.6) is 5.75 Å². The number of carbonyl (C=O) groups is 2. The molecule has 0 aliphatic carbocycles. The van der Waals surface area contributed by atoms with Gasteiger partial charge in [-0.1, -0.05) is 29.8 Å². The third kappa shape index (κ3) is 4.22. The fourth-order valence-electron chi connectivity index (χ4n) is 3.16. The van der Waals surface area contributed by atoms with Gasteiger partial charge in [-0.2, -0.15) is 11.8 Å². The third-order valence-electron chi connectivity index (χ3n) is 4.54. The fourth-order valence-corrected chi connectivity index (χ4v) is 3.87. The molecule has 0 spiro atoms. The van der Waals surface area contributed by atoms with Crippen molar-refractivity contribution in [2.45, 2.75) is 19.0 Å². The van der Waals surface area contributed by atoms with Crippen LogP contribution in [0.2, 0.25) is 5.02 Å². The maximum Gasteiger partial charge on any atom is 0.255 e. The van der Waals surface area contributed by atoms with Crippen molar-refractivity contribution < 1.29 is 14.3 Å². The molecule has 1 aliphatic heterocycles. The lowest BCUT2D eigenvalue weighted by Crippen LogP contribution is -2.44. The van der Waals surface area contributed by atoms with Crippen LogP contribution in [-0.2, 0) is 11.3 Å². The lowest BCUT2D eigenvalue weighted by atomic mass is 10.1. The molecule has 142 valence electrons. The van der Waals surface area contributed by atoms with Gasteiger partial charge in [0.2, 0.25) is 5.91 Å². The van der Waals surface area contributed by atoms with Crippen molar-refractivity contribution in [1.82, 2.24) is 4.90 Å². The fraction of sp³-hybridized carbons (Fsp3) is 0.300. The van der Waals surface area contributed by atoms with E-state index >= 15 is 0 Å². The molecule has 1 N–H and O–H groups in total. The first-order valence-corrected chi connectivity index (χ1v) is 10.3. The molecule has 0 bridgehead atoms. The van der Waals surface area contributed by atoms with Crippen LogP contribution in [0.3, 0.4) is 0 Å². The maximum absolute atomic E-state index is 13.0. The number of fused-ring (bicyclic) bond motifs is 1. The standard InChI is InChI=1S/C20H21ClN2O3S/c1-26-18-8-7-14(11-16(18)21)22-19(24)17(9-10-27-2)23-12-13-5-3-4-6-15(13)20(23)25/h3-8,11,17H,9-10,12H2,1-2H3,(H,22,24)/t17-/m0/s1. The second-order valence-electron chi connectivity index (χ2n) is 6.23. The third-order valence-corrected chi connectivity index (χ3v) is 5.48. The zero-order valence-electron chi connectivity index (χ0n) is 15.2. The number of nitrogens with zero attached hydrogens (tertiary/aromatic N) is 1. The van der Waals surface area contributed by atoms with E-state index in [0.717, 1.165) is 11.3 Å². The molecule has 0 aromatic heterocycles. The van der Waals surface area contributed by atoms with E-state index in [-0.39, 0.29) is 11.8 Å². The molecule has 0 radical (unpaired) electrons. The van der Waals surface area contributed by atoms with Gasteiger partial charge in [0.1, 0.15) is 11.8 Å². The van der Waals surface area contributed by atoms with Gasteiger partial charge < -0.3 is 15.0 Å². The summed E-state index contributed by atoms with van der Waals surface area (Å²) in [4.78, 5) is 27.4. The van der Waals surface area contributed by atoms with Gasteiger partial charge >= 0.3 is 0 Å². The Morgan fingerprint density at radius 2 is 2.11 bits per heavy atom. The Hall–Kier alpha value is -2.18. The zero-order chi connectivity index (χ0) is 19.4. The number of ether oxygens (including phenoxy) is 1. The Morgan fingerprint density at radius 3 is 2.78 bits per heavy atom. The van der Waals surface area contributed by atoms with Crippen LogP contribution in [-0.4, -0.2) is 41.9 Å². The summed E-state index contributed by atoms with van der Waals surface area (Å²) in [7, 11) is 1.54. The summed E-state index contributed by atoms with van der Waals surface area (Å²) in [5.74, 6) is 1.01. The normalized spacial score (nSPS) is 14.0. The van der Waals surface area contributed by atoms with Crippen molar-refractivity contribution in [1.29, 1.82) is 0 Å². The Labute approximate surface area is 168 Å². The van der Waals surface area contributed by atoms with Crippen LogP contribution in [0.4, 0.5) is 5.69 Å². The van der Waals surface area contributed by atoms with Crippen molar-refractivity contribution in [3.05, 3.63) is 58.6 Å². The van der Waals surface area contributed by atoms with E-state index in [1.807, 2.05) is 30.5 Å². The van der Waals surface area contributed by atoms with Gasteiger partial charge in [0.15, 0.2) is 0 Å². The quantitative estimate of drug-likeness (QED) is 0.755. The molecule has 2 amide bonds. The summed E-state index contributed by atoms with van der Waals surface area (Å²) in [5, 5.41) is 3.30. The number of benzene rings is 2. The largest absolute Gasteiger partial charge is 0.495 e. The average molecular weight is 405 g/mol. The van der Waals surface area contributed by atoms with Crippen LogP contribution < -0.4 is 10.1 Å². The first-order chi connectivity index (χ1) is 13.0. The van der Waals surface area contributed by atoms with Crippen molar-refractivity contribution in [2.75, 3.05) is 24.4 Å². The maximum atomic E-state index is 13.0. The van der Waals surface area contributed by atoms with Gasteiger partial charge in [-0.3, -0.25) is 9.59 Å². The zero-order valence-corrected chi connectivity index (χ0v) is 16.8. The molecule has 1 aliphatic rings. The van der Waals surface area contributed by atoms with E-state index in [1.54, 1.807) is 34.9 Å². The molecule has 1 atom stereocenters. The summed E-state index contributed by atoms with van der Waals surface area (Å²) >= 11 is 7.79. The Morgan fingerprint density at radius 1 is 1.33 bits per heavy atom. The van der Waals surface area contributed by atoms with E-state index in [2.05, 4.69) is 5.32 Å². The van der Waals surface area contributed by atoms with Gasteiger partial charge in [0.25, 0.3) is 5.91 Å². The van der Waals surface area contributed by atoms with Gasteiger partial charge in [-0.25, -0.2) is 0 Å². The van der Waals surface area contributed by atoms with Crippen molar-refractivity contribution in [2.24, 2.45) is 0 Å². The molecule has 0 unspecified atom stereocenters. The van der Waals surface area contributed by atoms with E-state index in [1.165, 1.54) is 7.11 Å². The van der Waals surface area contributed by atoms with Crippen LogP contribution in [0.15, 0.2) is 42.5 Å². The summed E-state index contributed by atoms with van der Waals surface area (Å²) in [6, 6.07) is 12.0. The van der Waals surface area contributed by atoms with E-state index in [9.17, 15) is 9.59 Å². The molecule has 3 rings (SSSR count). The molecule has 5 nitrogen and oxygen atoms in total. The number of hydrogen-bond acceptors (Lipinski definition) is 4. The lowest BCUT2D eigenvalue weighted by molar-refractivity contribution is -0.120. The Kier molecular flexibility index (Phi) is 6.29. The molecule has 27 heavy (non-hydrogen) atoms. The smallest absolute Gasteiger partial charge is 0.255 e. The number of anilines is 1. The Balaban J connectivity index is 1.79. The second kappa shape index (κ2) is 8.67. The van der Waals surface area contributed by atoms with Crippen molar-refractivity contribution in [3.8, 4) is 5.75 Å². The topological polar surface area (TPSA) is 58.6 Å². The number of halogens is 1. The highest BCUT2D eigenvalue weighted by molar-refractivity contribution is 7.98. The molecule has 2 aromatic carbocycles. The minimum absolute atomic E-state index is 0.0976. The molecule has 2 aromatic rings. The van der Waals surface area contributed by atoms with Crippen molar-refractivity contribution >= 4 is 40.9 Å². The van der Waals surface area contributed by atoms with E-state index < -0.39 is 6.04 Å². The number of nitrogens with one attached hydrogen (secondary N) is 1. The van der Waals surface area contributed by atoms with Crippen LogP contribution in [0.25, 0.3) is 0 Å². The molecule has 7 heteroatoms. The highest BCUT2D eigenvalue weighted by Gasteiger charge is 2.35. The molecular weight excluding hydrogens is 384 g/mol. The number of thioether (sulfide) groups is 1. The van der Waals surface area contributed by atoms with Gasteiger partial charge in [-0.15, -0.1) is 0 Å². The Bertz CT molecular complexity index is 859.